The Morgan fingerprint density at radius 1 is 0.722 bits per heavy atom. The Balaban J connectivity index is 1.26. The zero-order valence-corrected chi connectivity index (χ0v) is 21.0. The van der Waals surface area contributed by atoms with Gasteiger partial charge >= 0.3 is 0 Å². The van der Waals surface area contributed by atoms with Crippen LogP contribution in [0.25, 0.3) is 0 Å². The summed E-state index contributed by atoms with van der Waals surface area (Å²) < 4.78 is 0. The van der Waals surface area contributed by atoms with Gasteiger partial charge in [-0.25, -0.2) is 0 Å². The maximum absolute atomic E-state index is 5.65. The smallest absolute Gasteiger partial charge is 0.232 e. The molecular formula is C29H28N6S. The van der Waals surface area contributed by atoms with Crippen molar-refractivity contribution in [2.45, 2.75) is 39.1 Å². The second-order valence-electron chi connectivity index (χ2n) is 9.39. The van der Waals surface area contributed by atoms with Crippen LogP contribution in [0.2, 0.25) is 0 Å². The van der Waals surface area contributed by atoms with E-state index in [9.17, 15) is 0 Å². The van der Waals surface area contributed by atoms with Crippen molar-refractivity contribution >= 4 is 34.9 Å². The first kappa shape index (κ1) is 22.5. The van der Waals surface area contributed by atoms with Crippen molar-refractivity contribution in [2.24, 2.45) is 0 Å². The second kappa shape index (κ2) is 9.59. The number of hydrogen-bond acceptors (Lipinski definition) is 5. The molecule has 0 bridgehead atoms. The topological polar surface area (TPSA) is 56.3 Å². The molecule has 0 saturated heterocycles. The minimum atomic E-state index is 0.0648. The number of fused-ring (bicyclic) bond motifs is 2. The highest BCUT2D eigenvalue weighted by Crippen LogP contribution is 2.32. The molecule has 6 rings (SSSR count). The lowest BCUT2D eigenvalue weighted by molar-refractivity contribution is 0.722. The molecule has 2 aliphatic rings. The number of nitrogens with zero attached hydrogens (tertiary/aromatic N) is 4. The van der Waals surface area contributed by atoms with Gasteiger partial charge in [0.05, 0.1) is 6.04 Å². The SMILES string of the molecule is CC(NC(=S)Nc1nc(N2Cc3ccccc3C2)cc(N2Cc3ccccc3C2)n1)c1ccccc1. The fraction of sp³-hybridized carbons (Fsp3) is 0.207. The van der Waals surface area contributed by atoms with E-state index in [4.69, 9.17) is 22.2 Å². The largest absolute Gasteiger partial charge is 0.356 e. The van der Waals surface area contributed by atoms with E-state index in [1.165, 1.54) is 27.8 Å². The lowest BCUT2D eigenvalue weighted by Crippen LogP contribution is -2.32. The molecule has 36 heavy (non-hydrogen) atoms. The molecule has 0 aliphatic carbocycles. The molecule has 0 saturated carbocycles. The van der Waals surface area contributed by atoms with Crippen LogP contribution < -0.4 is 20.4 Å². The van der Waals surface area contributed by atoms with Crippen LogP contribution in [0.1, 0.15) is 40.8 Å². The van der Waals surface area contributed by atoms with Crippen molar-refractivity contribution in [1.82, 2.24) is 15.3 Å². The van der Waals surface area contributed by atoms with Crippen LogP contribution in [0.5, 0.6) is 0 Å². The molecular weight excluding hydrogens is 464 g/mol. The van der Waals surface area contributed by atoms with Crippen molar-refractivity contribution < 1.29 is 0 Å². The van der Waals surface area contributed by atoms with Crippen molar-refractivity contribution in [2.75, 3.05) is 15.1 Å². The third-order valence-electron chi connectivity index (χ3n) is 6.90. The molecule has 0 spiro atoms. The fourth-order valence-corrected chi connectivity index (χ4v) is 5.22. The number of benzene rings is 3. The van der Waals surface area contributed by atoms with E-state index >= 15 is 0 Å². The van der Waals surface area contributed by atoms with E-state index in [-0.39, 0.29) is 6.04 Å². The van der Waals surface area contributed by atoms with Gasteiger partial charge < -0.3 is 20.4 Å². The molecule has 3 heterocycles. The highest BCUT2D eigenvalue weighted by Gasteiger charge is 2.25. The monoisotopic (exact) mass is 492 g/mol. The molecule has 3 aromatic carbocycles. The average Bonchev–Trinajstić information content (AvgIpc) is 3.53. The quantitative estimate of drug-likeness (QED) is 0.354. The number of hydrogen-bond donors (Lipinski definition) is 2. The predicted octanol–water partition coefficient (Wildman–Crippen LogP) is 5.56. The van der Waals surface area contributed by atoms with Crippen molar-refractivity contribution in [1.29, 1.82) is 0 Å². The Bertz CT molecular complexity index is 1280. The first-order chi connectivity index (χ1) is 17.6. The summed E-state index contributed by atoms with van der Waals surface area (Å²) in [4.78, 5) is 14.4. The van der Waals surface area contributed by atoms with Crippen LogP contribution in [-0.4, -0.2) is 15.1 Å². The van der Waals surface area contributed by atoms with E-state index in [1.54, 1.807) is 0 Å². The van der Waals surface area contributed by atoms with E-state index in [2.05, 4.69) is 94.1 Å². The molecule has 4 aromatic rings. The van der Waals surface area contributed by atoms with Crippen molar-refractivity contribution in [3.63, 3.8) is 0 Å². The summed E-state index contributed by atoms with van der Waals surface area (Å²) in [5.41, 5.74) is 6.54. The molecule has 1 atom stereocenters. The maximum atomic E-state index is 5.65. The van der Waals surface area contributed by atoms with Gasteiger partial charge in [-0.3, -0.25) is 0 Å². The van der Waals surface area contributed by atoms with Gasteiger partial charge in [0.1, 0.15) is 11.6 Å². The normalized spacial score (nSPS) is 14.8. The van der Waals surface area contributed by atoms with E-state index < -0.39 is 0 Å². The fourth-order valence-electron chi connectivity index (χ4n) is 4.95. The summed E-state index contributed by atoms with van der Waals surface area (Å²) in [5.74, 6) is 2.30. The zero-order chi connectivity index (χ0) is 24.5. The van der Waals surface area contributed by atoms with E-state index in [1.807, 2.05) is 18.2 Å². The second-order valence-corrected chi connectivity index (χ2v) is 9.80. The van der Waals surface area contributed by atoms with Gasteiger partial charge in [-0.05, 0) is 47.0 Å². The first-order valence-electron chi connectivity index (χ1n) is 12.3. The lowest BCUT2D eigenvalue weighted by atomic mass is 10.1. The standard InChI is InChI=1S/C29H28N6S/c1-20(21-9-3-2-4-10-21)30-29(36)33-28-31-26(34-16-22-11-5-6-12-23(22)17-34)15-27(32-28)35-18-24-13-7-8-14-25(24)19-35/h2-15,20H,16-19H2,1H3,(H2,30,31,32,33,36). The van der Waals surface area contributed by atoms with Gasteiger partial charge in [-0.1, -0.05) is 78.9 Å². The summed E-state index contributed by atoms with van der Waals surface area (Å²) in [7, 11) is 0. The van der Waals surface area contributed by atoms with Crippen LogP contribution >= 0.6 is 12.2 Å². The predicted molar refractivity (Wildman–Crippen MR) is 149 cm³/mol. The molecule has 180 valence electrons. The van der Waals surface area contributed by atoms with Gasteiger partial charge in [0.15, 0.2) is 5.11 Å². The average molecular weight is 493 g/mol. The Kier molecular flexibility index (Phi) is 5.99. The molecule has 2 N–H and O–H groups in total. The van der Waals surface area contributed by atoms with E-state index in [0.717, 1.165) is 37.8 Å². The maximum Gasteiger partial charge on any atom is 0.232 e. The van der Waals surface area contributed by atoms with Gasteiger partial charge in [0.25, 0.3) is 0 Å². The van der Waals surface area contributed by atoms with Crippen molar-refractivity contribution in [3.8, 4) is 0 Å². The number of aromatic nitrogens is 2. The third-order valence-corrected chi connectivity index (χ3v) is 7.12. The highest BCUT2D eigenvalue weighted by molar-refractivity contribution is 7.80. The molecule has 0 fully saturated rings. The first-order valence-corrected chi connectivity index (χ1v) is 12.7. The van der Waals surface area contributed by atoms with Gasteiger partial charge in [-0.2, -0.15) is 9.97 Å². The Morgan fingerprint density at radius 3 is 1.64 bits per heavy atom. The molecule has 0 amide bonds. The van der Waals surface area contributed by atoms with Gasteiger partial charge in [0.2, 0.25) is 5.95 Å². The molecule has 1 unspecified atom stereocenters. The summed E-state index contributed by atoms with van der Waals surface area (Å²) in [6, 6.07) is 29.6. The number of nitrogens with one attached hydrogen (secondary N) is 2. The minimum Gasteiger partial charge on any atom is -0.356 e. The van der Waals surface area contributed by atoms with Crippen LogP contribution in [0.15, 0.2) is 84.9 Å². The summed E-state index contributed by atoms with van der Waals surface area (Å²) >= 11 is 5.65. The van der Waals surface area contributed by atoms with Gasteiger partial charge in [0, 0.05) is 32.2 Å². The molecule has 2 aliphatic heterocycles. The Hall–Kier alpha value is -3.97. The minimum absolute atomic E-state index is 0.0648. The molecule has 6 nitrogen and oxygen atoms in total. The van der Waals surface area contributed by atoms with Crippen LogP contribution in [0, 0.1) is 0 Å². The van der Waals surface area contributed by atoms with Crippen LogP contribution in [0.3, 0.4) is 0 Å². The lowest BCUT2D eigenvalue weighted by Gasteiger charge is -2.23. The molecule has 0 radical (unpaired) electrons. The summed E-state index contributed by atoms with van der Waals surface area (Å²) in [6.45, 7) is 5.43. The van der Waals surface area contributed by atoms with Crippen molar-refractivity contribution in [3.05, 3.63) is 113 Å². The van der Waals surface area contributed by atoms with Crippen LogP contribution in [0.4, 0.5) is 17.6 Å². The van der Waals surface area contributed by atoms with E-state index in [0.29, 0.717) is 11.1 Å². The zero-order valence-electron chi connectivity index (χ0n) is 20.2. The Labute approximate surface area is 217 Å². The number of anilines is 3. The molecule has 1 aromatic heterocycles. The number of thiocarbonyl (C=S) groups is 1. The number of rotatable bonds is 5. The molecule has 7 heteroatoms. The van der Waals surface area contributed by atoms with Crippen LogP contribution in [-0.2, 0) is 26.2 Å². The highest BCUT2D eigenvalue weighted by atomic mass is 32.1. The third kappa shape index (κ3) is 4.62. The Morgan fingerprint density at radius 2 is 1.17 bits per heavy atom. The summed E-state index contributed by atoms with van der Waals surface area (Å²) in [6.07, 6.45) is 0. The summed E-state index contributed by atoms with van der Waals surface area (Å²) in [5, 5.41) is 7.13. The van der Waals surface area contributed by atoms with Gasteiger partial charge in [-0.15, -0.1) is 0 Å².